The molecule has 9 saturated carbocycles. The smallest absolute Gasteiger partial charge is 0.190 e. The second kappa shape index (κ2) is 7.70. The molecule has 6 nitrogen and oxygen atoms in total. The van der Waals surface area contributed by atoms with E-state index in [0.717, 1.165) is 86.7 Å². The summed E-state index contributed by atoms with van der Waals surface area (Å²) in [5.41, 5.74) is 6.51. The van der Waals surface area contributed by atoms with Crippen LogP contribution in [0, 0.1) is 107 Å². The Morgan fingerprint density at radius 3 is 1.43 bits per heavy atom. The summed E-state index contributed by atoms with van der Waals surface area (Å²) in [5.74, 6) is 11.6. The minimum Gasteiger partial charge on any atom is -0.374 e. The fourth-order valence-corrected chi connectivity index (χ4v) is 21.0. The van der Waals surface area contributed by atoms with Crippen LogP contribution in [-0.2, 0) is 20.4 Å². The number of Topliss-reactive ketones (excluding diaryl/α,β-unsaturated/α-hetero) is 3. The predicted octanol–water partition coefficient (Wildman–Crippen LogP) is 6.64. The Bertz CT molecular complexity index is 2570. The number of carbonyl (C=O) groups excluding carboxylic acids is 3. The van der Waals surface area contributed by atoms with Crippen molar-refractivity contribution in [2.45, 2.75) is 43.3 Å². The number of carbonyl (C=O) groups is 3. The minimum atomic E-state index is -0.475. The van der Waals surface area contributed by atoms with Gasteiger partial charge in [0.2, 0.25) is 0 Å². The van der Waals surface area contributed by atoms with Gasteiger partial charge in [-0.05, 0) is 150 Å². The lowest BCUT2D eigenvalue weighted by molar-refractivity contribution is -0.144. The Kier molecular flexibility index (Phi) is 3.93. The fourth-order valence-electron chi connectivity index (χ4n) is 21.0. The van der Waals surface area contributed by atoms with Crippen LogP contribution in [0.3, 0.4) is 0 Å². The first-order chi connectivity index (χ1) is 26.4. The SMILES string of the molecule is C[C@]12C(=O)[C@](C)(c3c1c1cccnc1c1ncccc31)[C@H]1[C@H]3[C@H]4C5C6[C@@H]7[C@H]4[C@H]([C@@H]5[C@H]3[C@H]12)[C@H]6[C@@H]1[C@@H]2O[C@H]([C@H]71)[C@@H]1[C@H]2[C@@H]2C[C@H]1C1=C2C(=O)c2ccccc2C1=O. The van der Waals surface area contributed by atoms with Crippen LogP contribution in [-0.4, -0.2) is 39.5 Å². The van der Waals surface area contributed by atoms with Crippen molar-refractivity contribution in [2.75, 3.05) is 0 Å². The molecule has 0 amide bonds. The molecule has 54 heavy (non-hydrogen) atoms. The van der Waals surface area contributed by atoms with Gasteiger partial charge in [-0.3, -0.25) is 24.4 Å². The molecule has 4 aromatic rings. The number of rotatable bonds is 0. The summed E-state index contributed by atoms with van der Waals surface area (Å²) in [7, 11) is 0. The maximum absolute atomic E-state index is 15.2. The number of hydrogen-bond donors (Lipinski definition) is 0. The molecule has 2 aromatic heterocycles. The van der Waals surface area contributed by atoms with E-state index < -0.39 is 10.8 Å². The molecule has 6 heteroatoms. The lowest BCUT2D eigenvalue weighted by atomic mass is 9.39. The van der Waals surface area contributed by atoms with Gasteiger partial charge in [0.1, 0.15) is 0 Å². The third-order valence-corrected chi connectivity index (χ3v) is 20.9. The second-order valence-electron chi connectivity index (χ2n) is 21.0. The normalized spacial score (nSPS) is 56.0. The van der Waals surface area contributed by atoms with Crippen LogP contribution in [0.1, 0.15) is 52.1 Å². The number of benzene rings is 2. The van der Waals surface area contributed by atoms with Crippen molar-refractivity contribution in [3.8, 4) is 0 Å². The number of allylic oxidation sites excluding steroid dienone is 2. The third-order valence-electron chi connectivity index (χ3n) is 20.9. The van der Waals surface area contributed by atoms with E-state index in [0.29, 0.717) is 64.3 Å². The van der Waals surface area contributed by atoms with Crippen molar-refractivity contribution >= 4 is 39.2 Å². The van der Waals surface area contributed by atoms with Crippen LogP contribution in [0.2, 0.25) is 0 Å². The first-order valence-corrected chi connectivity index (χ1v) is 21.2. The molecule has 2 unspecified atom stereocenters. The second-order valence-corrected chi connectivity index (χ2v) is 21.0. The van der Waals surface area contributed by atoms with Gasteiger partial charge in [-0.25, -0.2) is 0 Å². The van der Waals surface area contributed by atoms with Crippen LogP contribution in [0.4, 0.5) is 0 Å². The number of aromatic nitrogens is 2. The lowest BCUT2D eigenvalue weighted by Crippen LogP contribution is -2.63. The molecule has 11 fully saturated rings. The Morgan fingerprint density at radius 1 is 0.537 bits per heavy atom. The van der Waals surface area contributed by atoms with Crippen molar-refractivity contribution in [2.24, 2.45) is 107 Å². The molecule has 4 heterocycles. The number of ketones is 3. The van der Waals surface area contributed by atoms with Crippen molar-refractivity contribution in [1.82, 2.24) is 9.97 Å². The molecular weight excluding hydrogens is 669 g/mol. The van der Waals surface area contributed by atoms with Gasteiger partial charge in [-0.15, -0.1) is 0 Å². The topological polar surface area (TPSA) is 86.2 Å². The molecule has 0 radical (unpaired) electrons. The minimum absolute atomic E-state index is 0.125. The highest BCUT2D eigenvalue weighted by molar-refractivity contribution is 6.28. The van der Waals surface area contributed by atoms with Gasteiger partial charge in [-0.2, -0.15) is 0 Å². The molecule has 18 rings (SSSR count). The summed E-state index contributed by atoms with van der Waals surface area (Å²) in [4.78, 5) is 53.1. The van der Waals surface area contributed by atoms with Gasteiger partial charge < -0.3 is 4.74 Å². The molecule has 14 aliphatic rings. The molecule has 0 N–H and O–H groups in total. The molecule has 2 aliphatic heterocycles. The molecule has 264 valence electrons. The van der Waals surface area contributed by atoms with Gasteiger partial charge in [0.15, 0.2) is 17.3 Å². The van der Waals surface area contributed by atoms with E-state index in [2.05, 4.69) is 38.1 Å². The van der Waals surface area contributed by atoms with Crippen LogP contribution in [0.25, 0.3) is 21.8 Å². The highest BCUT2D eigenvalue weighted by atomic mass is 16.5. The van der Waals surface area contributed by atoms with Crippen molar-refractivity contribution in [3.05, 3.63) is 94.3 Å². The maximum atomic E-state index is 15.2. The van der Waals surface area contributed by atoms with Gasteiger partial charge >= 0.3 is 0 Å². The molecule has 2 saturated heterocycles. The van der Waals surface area contributed by atoms with E-state index in [9.17, 15) is 9.59 Å². The van der Waals surface area contributed by atoms with Crippen molar-refractivity contribution in [3.63, 3.8) is 0 Å². The number of pyridine rings is 2. The van der Waals surface area contributed by atoms with Gasteiger partial charge in [0.25, 0.3) is 0 Å². The fraction of sp³-hybridized carbons (Fsp3) is 0.521. The van der Waals surface area contributed by atoms with Crippen LogP contribution < -0.4 is 0 Å². The highest BCUT2D eigenvalue weighted by Crippen LogP contribution is 2.94. The summed E-state index contributed by atoms with van der Waals surface area (Å²) < 4.78 is 7.26. The summed E-state index contributed by atoms with van der Waals surface area (Å²) in [6.07, 6.45) is 5.25. The van der Waals surface area contributed by atoms with Crippen LogP contribution in [0.5, 0.6) is 0 Å². The van der Waals surface area contributed by atoms with Gasteiger partial charge in [0.05, 0.1) is 34.1 Å². The standard InChI is InChI=1S/C48H38N2O4/c1-47-36-16-9-5-11-49-40(16)41-17(10-6-12-50-41)37(36)48(2,46(47)53)39-33-29-24-27-30-25(28(24)32(33)38(39)47)26(29)31(27)35-34(30)44-22-18-13-19(23(22)45(35)54-44)21-20(18)42(51)14-7-3-4-8-15(14)43(21)52/h3-12,18-19,22-35,38-39,44-45H,13H2,1-2H3/t18-,19+,22-,23+,24?,25-,26+,27?,28-,29+,30-,31+,32-,33+,34+,35-,38-,39+,44-,45+,47+,48-. The highest BCUT2D eigenvalue weighted by Gasteiger charge is 2.94. The quantitative estimate of drug-likeness (QED) is 0.151. The largest absolute Gasteiger partial charge is 0.374 e. The van der Waals surface area contributed by atoms with Gasteiger partial charge in [-0.1, -0.05) is 36.4 Å². The number of nitrogens with zero attached hydrogens (tertiary/aromatic N) is 2. The zero-order valence-electron chi connectivity index (χ0n) is 30.1. The monoisotopic (exact) mass is 706 g/mol. The van der Waals surface area contributed by atoms with E-state index in [4.69, 9.17) is 14.7 Å². The van der Waals surface area contributed by atoms with Crippen LogP contribution in [0.15, 0.2) is 72.1 Å². The Hall–Kier alpha value is -4.03. The van der Waals surface area contributed by atoms with E-state index in [1.54, 1.807) is 0 Å². The molecule has 22 atom stereocenters. The third kappa shape index (κ3) is 2.17. The Balaban J connectivity index is 0.781. The summed E-state index contributed by atoms with van der Waals surface area (Å²) in [5, 5.41) is 2.30. The number of fused-ring (bicyclic) bond motifs is 31. The molecule has 12 aliphatic carbocycles. The zero-order valence-corrected chi connectivity index (χ0v) is 30.1. The van der Waals surface area contributed by atoms with E-state index >= 15 is 4.79 Å². The first kappa shape index (κ1) is 27.5. The molecule has 14 bridgehead atoms. The van der Waals surface area contributed by atoms with Crippen molar-refractivity contribution < 1.29 is 19.1 Å². The number of hydrogen-bond acceptors (Lipinski definition) is 6. The lowest BCUT2D eigenvalue weighted by Gasteiger charge is -2.64. The average Bonchev–Trinajstić information content (AvgIpc) is 4.06. The summed E-state index contributed by atoms with van der Waals surface area (Å²) >= 11 is 0. The first-order valence-electron chi connectivity index (χ1n) is 21.2. The van der Waals surface area contributed by atoms with Gasteiger partial charge in [0, 0.05) is 45.4 Å². The molecule has 2 aromatic carbocycles. The van der Waals surface area contributed by atoms with E-state index in [1.165, 1.54) is 11.1 Å². The number of ether oxygens (including phenoxy) is 1. The van der Waals surface area contributed by atoms with Crippen LogP contribution >= 0.6 is 0 Å². The Morgan fingerprint density at radius 2 is 0.963 bits per heavy atom. The van der Waals surface area contributed by atoms with Crippen molar-refractivity contribution in [1.29, 1.82) is 0 Å². The summed E-state index contributed by atoms with van der Waals surface area (Å²) in [6.45, 7) is 4.70. The Labute approximate surface area is 311 Å². The zero-order chi connectivity index (χ0) is 35.0. The average molecular weight is 707 g/mol. The molecule has 0 spiro atoms. The predicted molar refractivity (Wildman–Crippen MR) is 195 cm³/mol. The van der Waals surface area contributed by atoms with E-state index in [1.807, 2.05) is 36.7 Å². The van der Waals surface area contributed by atoms with E-state index in [-0.39, 0.29) is 35.6 Å². The maximum Gasteiger partial charge on any atom is 0.190 e. The summed E-state index contributed by atoms with van der Waals surface area (Å²) in [6, 6.07) is 16.1. The molecular formula is C48H38N2O4.